The van der Waals surface area contributed by atoms with Crippen LogP contribution < -0.4 is 5.73 Å². The van der Waals surface area contributed by atoms with Gasteiger partial charge in [0.1, 0.15) is 6.26 Å². The third-order valence-corrected chi connectivity index (χ3v) is 3.69. The Morgan fingerprint density at radius 1 is 1.47 bits per heavy atom. The van der Waals surface area contributed by atoms with Crippen molar-refractivity contribution in [3.8, 4) is 0 Å². The van der Waals surface area contributed by atoms with Gasteiger partial charge in [0.05, 0.1) is 5.69 Å². The van der Waals surface area contributed by atoms with Crippen molar-refractivity contribution in [1.29, 1.82) is 0 Å². The number of rotatable bonds is 3. The lowest BCUT2D eigenvalue weighted by atomic mass is 10.1. The van der Waals surface area contributed by atoms with E-state index in [1.165, 1.54) is 11.8 Å². The maximum atomic E-state index is 5.94. The van der Waals surface area contributed by atoms with E-state index in [-0.39, 0.29) is 6.04 Å². The second kappa shape index (κ2) is 5.25. The molecular formula is C12H13BrN2OS. The fourth-order valence-corrected chi connectivity index (χ4v) is 2.99. The summed E-state index contributed by atoms with van der Waals surface area (Å²) in [5, 5.41) is 0.641. The van der Waals surface area contributed by atoms with Crippen molar-refractivity contribution in [3.05, 3.63) is 40.2 Å². The molecule has 3 nitrogen and oxygen atoms in total. The average molecular weight is 313 g/mol. The summed E-state index contributed by atoms with van der Waals surface area (Å²) in [5.41, 5.74) is 7.92. The molecule has 2 aromatic rings. The second-order valence-corrected chi connectivity index (χ2v) is 5.74. The van der Waals surface area contributed by atoms with E-state index in [9.17, 15) is 0 Å². The van der Waals surface area contributed by atoms with Crippen LogP contribution >= 0.6 is 27.7 Å². The first-order valence-electron chi connectivity index (χ1n) is 5.21. The van der Waals surface area contributed by atoms with E-state index in [1.807, 2.05) is 32.0 Å². The number of oxazole rings is 1. The zero-order valence-corrected chi connectivity index (χ0v) is 12.0. The van der Waals surface area contributed by atoms with Gasteiger partial charge in [0, 0.05) is 15.4 Å². The van der Waals surface area contributed by atoms with Crippen molar-refractivity contribution >= 4 is 27.7 Å². The summed E-state index contributed by atoms with van der Waals surface area (Å²) < 4.78 is 6.36. The molecular weight excluding hydrogens is 300 g/mol. The molecule has 1 unspecified atom stereocenters. The minimum atomic E-state index is -0.0124. The number of hydrogen-bond acceptors (Lipinski definition) is 4. The molecule has 2 rings (SSSR count). The first-order valence-corrected chi connectivity index (χ1v) is 6.82. The van der Waals surface area contributed by atoms with Gasteiger partial charge in [-0.25, -0.2) is 4.98 Å². The van der Waals surface area contributed by atoms with Crippen molar-refractivity contribution in [2.45, 2.75) is 30.0 Å². The Balaban J connectivity index is 2.33. The van der Waals surface area contributed by atoms with Crippen LogP contribution in [0, 0.1) is 6.92 Å². The maximum Gasteiger partial charge on any atom is 0.260 e. The molecule has 0 aliphatic carbocycles. The molecule has 0 aliphatic rings. The van der Waals surface area contributed by atoms with E-state index < -0.39 is 0 Å². The SMILES string of the molecule is Cc1coc(Sc2cc(Br)ccc2C(C)N)n1. The molecule has 1 atom stereocenters. The highest BCUT2D eigenvalue weighted by Crippen LogP contribution is 2.34. The van der Waals surface area contributed by atoms with Crippen LogP contribution in [0.3, 0.4) is 0 Å². The molecule has 0 saturated carbocycles. The molecule has 0 saturated heterocycles. The standard InChI is InChI=1S/C12H13BrN2OS/c1-7-6-16-12(15-7)17-11-5-9(13)3-4-10(11)8(2)14/h3-6,8H,14H2,1-2H3. The van der Waals surface area contributed by atoms with Gasteiger partial charge in [-0.2, -0.15) is 0 Å². The molecule has 17 heavy (non-hydrogen) atoms. The quantitative estimate of drug-likeness (QED) is 0.933. The number of benzene rings is 1. The monoisotopic (exact) mass is 312 g/mol. The van der Waals surface area contributed by atoms with Crippen LogP contribution in [0.1, 0.15) is 24.2 Å². The molecule has 0 radical (unpaired) electrons. The third kappa shape index (κ3) is 3.12. The van der Waals surface area contributed by atoms with Gasteiger partial charge in [0.25, 0.3) is 5.22 Å². The van der Waals surface area contributed by atoms with Gasteiger partial charge in [-0.1, -0.05) is 22.0 Å². The highest BCUT2D eigenvalue weighted by molar-refractivity contribution is 9.10. The Labute approximate surface area is 113 Å². The molecule has 0 aliphatic heterocycles. The van der Waals surface area contributed by atoms with Gasteiger partial charge in [0.15, 0.2) is 0 Å². The van der Waals surface area contributed by atoms with Crippen LogP contribution in [0.5, 0.6) is 0 Å². The summed E-state index contributed by atoms with van der Waals surface area (Å²) in [7, 11) is 0. The number of aromatic nitrogens is 1. The van der Waals surface area contributed by atoms with Gasteiger partial charge in [0.2, 0.25) is 0 Å². The molecule has 90 valence electrons. The van der Waals surface area contributed by atoms with Crippen LogP contribution in [0.15, 0.2) is 43.5 Å². The molecule has 0 fully saturated rings. The molecule has 2 N–H and O–H groups in total. The Bertz CT molecular complexity index is 525. The molecule has 0 amide bonds. The number of halogens is 1. The predicted octanol–water partition coefficient (Wildman–Crippen LogP) is 3.92. The maximum absolute atomic E-state index is 5.94. The van der Waals surface area contributed by atoms with Gasteiger partial charge >= 0.3 is 0 Å². The van der Waals surface area contributed by atoms with Crippen LogP contribution in [-0.4, -0.2) is 4.98 Å². The Morgan fingerprint density at radius 2 is 2.24 bits per heavy atom. The minimum absolute atomic E-state index is 0.0124. The Kier molecular flexibility index (Phi) is 3.91. The number of nitrogens with zero attached hydrogens (tertiary/aromatic N) is 1. The highest BCUT2D eigenvalue weighted by Gasteiger charge is 2.11. The molecule has 5 heteroatoms. The molecule has 1 heterocycles. The fourth-order valence-electron chi connectivity index (χ4n) is 1.45. The summed E-state index contributed by atoms with van der Waals surface area (Å²) in [5.74, 6) is 0. The van der Waals surface area contributed by atoms with Crippen molar-refractivity contribution in [2.24, 2.45) is 5.73 Å². The van der Waals surface area contributed by atoms with Crippen molar-refractivity contribution in [1.82, 2.24) is 4.98 Å². The van der Waals surface area contributed by atoms with E-state index in [0.717, 1.165) is 20.6 Å². The Hall–Kier alpha value is -0.780. The lowest BCUT2D eigenvalue weighted by molar-refractivity contribution is 0.454. The van der Waals surface area contributed by atoms with E-state index in [0.29, 0.717) is 5.22 Å². The van der Waals surface area contributed by atoms with Gasteiger partial charge in [-0.05, 0) is 43.3 Å². The number of nitrogens with two attached hydrogens (primary N) is 1. The molecule has 0 bridgehead atoms. The first-order chi connectivity index (χ1) is 8.06. The third-order valence-electron chi connectivity index (χ3n) is 2.26. The zero-order chi connectivity index (χ0) is 12.4. The summed E-state index contributed by atoms with van der Waals surface area (Å²) in [6.45, 7) is 3.87. The van der Waals surface area contributed by atoms with Gasteiger partial charge < -0.3 is 10.2 Å². The molecule has 0 spiro atoms. The highest BCUT2D eigenvalue weighted by atomic mass is 79.9. The molecule has 1 aromatic heterocycles. The smallest absolute Gasteiger partial charge is 0.260 e. The van der Waals surface area contributed by atoms with Gasteiger partial charge in [-0.15, -0.1) is 0 Å². The average Bonchev–Trinajstić information content (AvgIpc) is 2.63. The second-order valence-electron chi connectivity index (χ2n) is 3.83. The first kappa shape index (κ1) is 12.7. The van der Waals surface area contributed by atoms with E-state index >= 15 is 0 Å². The van der Waals surface area contributed by atoms with Crippen LogP contribution in [0.2, 0.25) is 0 Å². The largest absolute Gasteiger partial charge is 0.439 e. The number of aryl methyl sites for hydroxylation is 1. The summed E-state index contributed by atoms with van der Waals surface area (Å²) in [6, 6.07) is 6.03. The lowest BCUT2D eigenvalue weighted by Crippen LogP contribution is -2.06. The zero-order valence-electron chi connectivity index (χ0n) is 9.61. The topological polar surface area (TPSA) is 52.0 Å². The normalized spacial score (nSPS) is 12.7. The van der Waals surface area contributed by atoms with E-state index in [2.05, 4.69) is 20.9 Å². The summed E-state index contributed by atoms with van der Waals surface area (Å²) in [6.07, 6.45) is 1.64. The van der Waals surface area contributed by atoms with Crippen molar-refractivity contribution < 1.29 is 4.42 Å². The summed E-state index contributed by atoms with van der Waals surface area (Å²) in [4.78, 5) is 5.34. The van der Waals surface area contributed by atoms with Crippen LogP contribution in [-0.2, 0) is 0 Å². The minimum Gasteiger partial charge on any atom is -0.439 e. The lowest BCUT2D eigenvalue weighted by Gasteiger charge is -2.11. The van der Waals surface area contributed by atoms with E-state index in [1.54, 1.807) is 6.26 Å². The summed E-state index contributed by atoms with van der Waals surface area (Å²) >= 11 is 4.95. The van der Waals surface area contributed by atoms with Gasteiger partial charge in [-0.3, -0.25) is 0 Å². The number of hydrogen-bond donors (Lipinski definition) is 1. The van der Waals surface area contributed by atoms with Crippen molar-refractivity contribution in [2.75, 3.05) is 0 Å². The van der Waals surface area contributed by atoms with Crippen LogP contribution in [0.25, 0.3) is 0 Å². The molecule has 1 aromatic carbocycles. The van der Waals surface area contributed by atoms with E-state index in [4.69, 9.17) is 10.2 Å². The Morgan fingerprint density at radius 3 is 2.82 bits per heavy atom. The van der Waals surface area contributed by atoms with Crippen LogP contribution in [0.4, 0.5) is 0 Å². The fraction of sp³-hybridized carbons (Fsp3) is 0.250. The van der Waals surface area contributed by atoms with Crippen molar-refractivity contribution in [3.63, 3.8) is 0 Å². The predicted molar refractivity (Wildman–Crippen MR) is 72.1 cm³/mol.